The van der Waals surface area contributed by atoms with E-state index in [-0.39, 0.29) is 0 Å². The van der Waals surface area contributed by atoms with Gasteiger partial charge in [0.05, 0.1) is 6.33 Å². The highest BCUT2D eigenvalue weighted by Gasteiger charge is 2.16. The minimum Gasteiger partial charge on any atom is -0.385 e. The fraction of sp³-hybridized carbons (Fsp3) is 0.333. The monoisotopic (exact) mass is 233 g/mol. The Morgan fingerprint density at radius 3 is 3.12 bits per heavy atom. The maximum Gasteiger partial charge on any atom is 0.189 e. The Balaban J connectivity index is 2.21. The molecule has 0 saturated carbocycles. The van der Waals surface area contributed by atoms with E-state index in [1.54, 1.807) is 17.1 Å². The summed E-state index contributed by atoms with van der Waals surface area (Å²) in [5.41, 5.74) is 7.27. The molecule has 0 saturated heterocycles. The molecular formula is C9H11N7O. The standard InChI is InChI=1S/C9H11N7O/c10-2-1-5(17)8-14-15-9-6-7(12-3-11-6)13-4-16(8)9/h3-5,17H,1-2,10H2,(H,11,12). The van der Waals surface area contributed by atoms with Crippen LogP contribution in [0.15, 0.2) is 12.7 Å². The second kappa shape index (κ2) is 3.75. The normalized spacial score (nSPS) is 13.5. The van der Waals surface area contributed by atoms with Crippen LogP contribution in [0.5, 0.6) is 0 Å². The number of imidazole rings is 1. The maximum absolute atomic E-state index is 9.87. The van der Waals surface area contributed by atoms with E-state index < -0.39 is 6.10 Å². The summed E-state index contributed by atoms with van der Waals surface area (Å²) in [7, 11) is 0. The van der Waals surface area contributed by atoms with Crippen molar-refractivity contribution in [1.82, 2.24) is 29.5 Å². The van der Waals surface area contributed by atoms with Crippen LogP contribution in [-0.4, -0.2) is 41.2 Å². The molecule has 3 rings (SSSR count). The van der Waals surface area contributed by atoms with Crippen molar-refractivity contribution in [1.29, 1.82) is 0 Å². The zero-order chi connectivity index (χ0) is 11.8. The summed E-state index contributed by atoms with van der Waals surface area (Å²) in [6, 6.07) is 0. The van der Waals surface area contributed by atoms with E-state index in [2.05, 4.69) is 25.1 Å². The number of aromatic nitrogens is 6. The lowest BCUT2D eigenvalue weighted by molar-refractivity contribution is 0.159. The van der Waals surface area contributed by atoms with Crippen LogP contribution in [0.25, 0.3) is 16.8 Å². The van der Waals surface area contributed by atoms with Crippen LogP contribution in [0.3, 0.4) is 0 Å². The molecule has 88 valence electrons. The van der Waals surface area contributed by atoms with Gasteiger partial charge in [-0.25, -0.2) is 9.97 Å². The van der Waals surface area contributed by atoms with Crippen LogP contribution in [-0.2, 0) is 0 Å². The molecule has 0 aliphatic heterocycles. The first-order valence-electron chi connectivity index (χ1n) is 5.22. The molecule has 3 aromatic rings. The van der Waals surface area contributed by atoms with Crippen molar-refractivity contribution in [3.8, 4) is 0 Å². The first-order valence-corrected chi connectivity index (χ1v) is 5.22. The van der Waals surface area contributed by atoms with Gasteiger partial charge in [-0.1, -0.05) is 0 Å². The average Bonchev–Trinajstić information content (AvgIpc) is 2.94. The van der Waals surface area contributed by atoms with Crippen molar-refractivity contribution < 1.29 is 5.11 Å². The lowest BCUT2D eigenvalue weighted by Gasteiger charge is -2.06. The summed E-state index contributed by atoms with van der Waals surface area (Å²) in [5.74, 6) is 0.439. The Hall–Kier alpha value is -2.06. The first-order chi connectivity index (χ1) is 8.31. The molecule has 0 radical (unpaired) electrons. The first kappa shape index (κ1) is 10.1. The van der Waals surface area contributed by atoms with Gasteiger partial charge in [0.15, 0.2) is 17.1 Å². The summed E-state index contributed by atoms with van der Waals surface area (Å²) in [5, 5.41) is 17.9. The number of hydrogen-bond donors (Lipinski definition) is 3. The third-order valence-corrected chi connectivity index (χ3v) is 2.60. The Bertz CT molecular complexity index is 658. The lowest BCUT2D eigenvalue weighted by atomic mass is 10.2. The highest BCUT2D eigenvalue weighted by atomic mass is 16.3. The van der Waals surface area contributed by atoms with Crippen LogP contribution in [0.4, 0.5) is 0 Å². The van der Waals surface area contributed by atoms with Crippen LogP contribution < -0.4 is 5.73 Å². The molecule has 3 heterocycles. The molecule has 1 unspecified atom stereocenters. The number of fused-ring (bicyclic) bond motifs is 3. The number of aliphatic hydroxyl groups is 1. The molecule has 8 heteroatoms. The van der Waals surface area contributed by atoms with Gasteiger partial charge in [-0.15, -0.1) is 10.2 Å². The second-order valence-electron chi connectivity index (χ2n) is 3.69. The molecule has 0 spiro atoms. The van der Waals surface area contributed by atoms with Gasteiger partial charge in [-0.2, -0.15) is 0 Å². The minimum absolute atomic E-state index is 0.385. The molecule has 0 bridgehead atoms. The predicted molar refractivity (Wildman–Crippen MR) is 59.1 cm³/mol. The zero-order valence-corrected chi connectivity index (χ0v) is 8.91. The SMILES string of the molecule is NCCC(O)c1nnc2c3[nH]cnc3ncn12. The Labute approximate surface area is 95.5 Å². The number of aliphatic hydroxyl groups excluding tert-OH is 1. The molecule has 4 N–H and O–H groups in total. The number of aromatic amines is 1. The van der Waals surface area contributed by atoms with Gasteiger partial charge in [-0.05, 0) is 13.0 Å². The highest BCUT2D eigenvalue weighted by Crippen LogP contribution is 2.18. The van der Waals surface area contributed by atoms with Gasteiger partial charge >= 0.3 is 0 Å². The molecule has 3 aromatic heterocycles. The summed E-state index contributed by atoms with van der Waals surface area (Å²) in [6.45, 7) is 0.385. The molecule has 0 amide bonds. The summed E-state index contributed by atoms with van der Waals surface area (Å²) >= 11 is 0. The van der Waals surface area contributed by atoms with Crippen molar-refractivity contribution in [2.75, 3.05) is 6.54 Å². The van der Waals surface area contributed by atoms with Gasteiger partial charge in [0.25, 0.3) is 0 Å². The number of rotatable bonds is 3. The molecule has 1 atom stereocenters. The van der Waals surface area contributed by atoms with E-state index in [9.17, 15) is 5.11 Å². The zero-order valence-electron chi connectivity index (χ0n) is 8.91. The van der Waals surface area contributed by atoms with Gasteiger partial charge in [0.2, 0.25) is 0 Å². The van der Waals surface area contributed by atoms with Crippen molar-refractivity contribution in [3.05, 3.63) is 18.5 Å². The fourth-order valence-corrected chi connectivity index (χ4v) is 1.76. The second-order valence-corrected chi connectivity index (χ2v) is 3.69. The smallest absolute Gasteiger partial charge is 0.189 e. The number of nitrogens with one attached hydrogen (secondary N) is 1. The van der Waals surface area contributed by atoms with Crippen LogP contribution in [0.1, 0.15) is 18.3 Å². The maximum atomic E-state index is 9.87. The van der Waals surface area contributed by atoms with Crippen molar-refractivity contribution in [2.24, 2.45) is 5.73 Å². The van der Waals surface area contributed by atoms with Crippen LogP contribution in [0, 0.1) is 0 Å². The third kappa shape index (κ3) is 1.46. The van der Waals surface area contributed by atoms with Crippen molar-refractivity contribution in [2.45, 2.75) is 12.5 Å². The fourth-order valence-electron chi connectivity index (χ4n) is 1.76. The average molecular weight is 233 g/mol. The highest BCUT2D eigenvalue weighted by molar-refractivity contribution is 5.84. The topological polar surface area (TPSA) is 118 Å². The van der Waals surface area contributed by atoms with E-state index in [0.717, 1.165) is 0 Å². The largest absolute Gasteiger partial charge is 0.385 e. The Kier molecular flexibility index (Phi) is 2.23. The van der Waals surface area contributed by atoms with E-state index >= 15 is 0 Å². The van der Waals surface area contributed by atoms with Gasteiger partial charge in [0, 0.05) is 0 Å². The Morgan fingerprint density at radius 1 is 1.41 bits per heavy atom. The molecule has 17 heavy (non-hydrogen) atoms. The van der Waals surface area contributed by atoms with E-state index in [1.165, 1.54) is 0 Å². The Morgan fingerprint density at radius 2 is 2.29 bits per heavy atom. The molecule has 0 fully saturated rings. The van der Waals surface area contributed by atoms with Crippen LogP contribution in [0.2, 0.25) is 0 Å². The molecule has 8 nitrogen and oxygen atoms in total. The summed E-state index contributed by atoms with van der Waals surface area (Å²) in [6.07, 6.45) is 2.79. The predicted octanol–water partition coefficient (Wildman–Crippen LogP) is -0.617. The van der Waals surface area contributed by atoms with E-state index in [4.69, 9.17) is 5.73 Å². The van der Waals surface area contributed by atoms with E-state index in [0.29, 0.717) is 35.6 Å². The van der Waals surface area contributed by atoms with Gasteiger partial charge in [0.1, 0.15) is 17.9 Å². The molecule has 0 aliphatic carbocycles. The van der Waals surface area contributed by atoms with Gasteiger partial charge < -0.3 is 15.8 Å². The van der Waals surface area contributed by atoms with Crippen molar-refractivity contribution >= 4 is 16.8 Å². The number of hydrogen-bond acceptors (Lipinski definition) is 6. The quantitative estimate of drug-likeness (QED) is 0.555. The summed E-state index contributed by atoms with van der Waals surface area (Å²) in [4.78, 5) is 11.1. The number of nitrogens with two attached hydrogens (primary N) is 1. The molecule has 0 aromatic carbocycles. The number of nitrogens with zero attached hydrogens (tertiary/aromatic N) is 5. The summed E-state index contributed by atoms with van der Waals surface area (Å²) < 4.78 is 1.64. The van der Waals surface area contributed by atoms with E-state index in [1.807, 2.05) is 0 Å². The molecule has 0 aliphatic rings. The lowest BCUT2D eigenvalue weighted by Crippen LogP contribution is -2.10. The van der Waals surface area contributed by atoms with Crippen LogP contribution >= 0.6 is 0 Å². The van der Waals surface area contributed by atoms with Crippen molar-refractivity contribution in [3.63, 3.8) is 0 Å². The third-order valence-electron chi connectivity index (χ3n) is 2.60. The minimum atomic E-state index is -0.739. The molecular weight excluding hydrogens is 222 g/mol. The van der Waals surface area contributed by atoms with Gasteiger partial charge in [-0.3, -0.25) is 4.40 Å². The number of H-pyrrole nitrogens is 1.